The Morgan fingerprint density at radius 2 is 2.00 bits per heavy atom. The Balaban J connectivity index is 2.20. The second-order valence-electron chi connectivity index (χ2n) is 3.72. The number of anilines is 2. The van der Waals surface area contributed by atoms with Crippen LogP contribution in [0.3, 0.4) is 0 Å². The fourth-order valence-electron chi connectivity index (χ4n) is 1.31. The maximum absolute atomic E-state index is 9.63. The van der Waals surface area contributed by atoms with Crippen LogP contribution in [0, 0.1) is 0 Å². The molecular weight excluding hydrogens is 222 g/mol. The number of nitrogens with zero attached hydrogens (tertiary/aromatic N) is 2. The fourth-order valence-corrected chi connectivity index (χ4v) is 2.19. The minimum atomic E-state index is 0.122. The Labute approximate surface area is 98.0 Å². The SMILES string of the molecule is CC(C)c1sc(Nc2ccncc2)nc1O. The Bertz CT molecular complexity index is 467. The van der Waals surface area contributed by atoms with Crippen molar-refractivity contribution in [2.75, 3.05) is 5.32 Å². The molecule has 5 heteroatoms. The summed E-state index contributed by atoms with van der Waals surface area (Å²) >= 11 is 1.47. The molecule has 0 aliphatic rings. The molecule has 0 aliphatic carbocycles. The summed E-state index contributed by atoms with van der Waals surface area (Å²) in [7, 11) is 0. The molecular formula is C11H13N3OS. The van der Waals surface area contributed by atoms with Gasteiger partial charge in [-0.2, -0.15) is 4.98 Å². The van der Waals surface area contributed by atoms with Crippen LogP contribution in [0.15, 0.2) is 24.5 Å². The Morgan fingerprint density at radius 1 is 1.31 bits per heavy atom. The van der Waals surface area contributed by atoms with Crippen LogP contribution in [-0.4, -0.2) is 15.1 Å². The van der Waals surface area contributed by atoms with Crippen LogP contribution in [0.1, 0.15) is 24.6 Å². The summed E-state index contributed by atoms with van der Waals surface area (Å²) in [5.74, 6) is 0.405. The molecule has 0 amide bonds. The molecule has 0 saturated carbocycles. The van der Waals surface area contributed by atoms with Gasteiger partial charge in [0.2, 0.25) is 5.88 Å². The lowest BCUT2D eigenvalue weighted by atomic mass is 10.2. The number of aromatic hydroxyl groups is 1. The summed E-state index contributed by atoms with van der Waals surface area (Å²) in [6, 6.07) is 3.71. The second kappa shape index (κ2) is 4.49. The fraction of sp³-hybridized carbons (Fsp3) is 0.273. The van der Waals surface area contributed by atoms with Gasteiger partial charge in [-0.3, -0.25) is 4.98 Å². The number of hydrogen-bond acceptors (Lipinski definition) is 5. The van der Waals surface area contributed by atoms with E-state index in [-0.39, 0.29) is 11.8 Å². The molecule has 0 bridgehead atoms. The third-order valence-corrected chi connectivity index (χ3v) is 3.35. The third-order valence-electron chi connectivity index (χ3n) is 2.09. The Kier molecular flexibility index (Phi) is 3.05. The monoisotopic (exact) mass is 235 g/mol. The minimum absolute atomic E-state index is 0.122. The van der Waals surface area contributed by atoms with Crippen LogP contribution in [-0.2, 0) is 0 Å². The van der Waals surface area contributed by atoms with Gasteiger partial charge < -0.3 is 10.4 Å². The summed E-state index contributed by atoms with van der Waals surface area (Å²) in [5, 5.41) is 13.5. The molecule has 84 valence electrons. The molecule has 16 heavy (non-hydrogen) atoms. The van der Waals surface area contributed by atoms with E-state index < -0.39 is 0 Å². The van der Waals surface area contributed by atoms with Crippen molar-refractivity contribution in [1.82, 2.24) is 9.97 Å². The number of hydrogen-bond donors (Lipinski definition) is 2. The van der Waals surface area contributed by atoms with E-state index in [1.807, 2.05) is 26.0 Å². The minimum Gasteiger partial charge on any atom is -0.492 e. The molecule has 0 spiro atoms. The zero-order chi connectivity index (χ0) is 11.5. The predicted molar refractivity (Wildman–Crippen MR) is 65.4 cm³/mol. The number of thiazole rings is 1. The molecule has 0 fully saturated rings. The van der Waals surface area contributed by atoms with Gasteiger partial charge in [-0.1, -0.05) is 25.2 Å². The Hall–Kier alpha value is -1.62. The average Bonchev–Trinajstić information content (AvgIpc) is 2.61. The van der Waals surface area contributed by atoms with Crippen LogP contribution in [0.4, 0.5) is 10.8 Å². The third kappa shape index (κ3) is 2.30. The number of nitrogens with one attached hydrogen (secondary N) is 1. The van der Waals surface area contributed by atoms with Gasteiger partial charge in [0.05, 0.1) is 4.88 Å². The smallest absolute Gasteiger partial charge is 0.227 e. The van der Waals surface area contributed by atoms with Crippen LogP contribution in [0.25, 0.3) is 0 Å². The van der Waals surface area contributed by atoms with E-state index in [1.54, 1.807) is 12.4 Å². The van der Waals surface area contributed by atoms with Crippen LogP contribution < -0.4 is 5.32 Å². The molecule has 0 atom stereocenters. The highest BCUT2D eigenvalue weighted by atomic mass is 32.1. The lowest BCUT2D eigenvalue weighted by molar-refractivity contribution is 0.449. The van der Waals surface area contributed by atoms with Gasteiger partial charge in [-0.05, 0) is 18.1 Å². The predicted octanol–water partition coefficient (Wildman–Crippen LogP) is 3.11. The summed E-state index contributed by atoms with van der Waals surface area (Å²) in [5.41, 5.74) is 0.916. The molecule has 0 aromatic carbocycles. The molecule has 0 aliphatic heterocycles. The van der Waals surface area contributed by atoms with Crippen LogP contribution >= 0.6 is 11.3 Å². The summed E-state index contributed by atoms with van der Waals surface area (Å²) in [6.45, 7) is 4.06. The van der Waals surface area contributed by atoms with E-state index in [0.29, 0.717) is 5.13 Å². The first-order valence-corrected chi connectivity index (χ1v) is 5.85. The standard InChI is InChI=1S/C11H13N3OS/c1-7(2)9-10(15)14-11(16-9)13-8-3-5-12-6-4-8/h3-7,15H,1-2H3,(H,12,13,14). The number of aromatic nitrogens is 2. The molecule has 2 rings (SSSR count). The molecule has 0 unspecified atom stereocenters. The molecule has 0 radical (unpaired) electrons. The lowest BCUT2D eigenvalue weighted by Crippen LogP contribution is -1.88. The first kappa shape index (κ1) is 10.9. The summed E-state index contributed by atoms with van der Waals surface area (Å²) in [4.78, 5) is 8.90. The maximum Gasteiger partial charge on any atom is 0.227 e. The number of rotatable bonds is 3. The highest BCUT2D eigenvalue weighted by molar-refractivity contribution is 7.16. The van der Waals surface area contributed by atoms with Crippen molar-refractivity contribution in [3.05, 3.63) is 29.4 Å². The number of pyridine rings is 1. The quantitative estimate of drug-likeness (QED) is 0.858. The zero-order valence-electron chi connectivity index (χ0n) is 9.14. The highest BCUT2D eigenvalue weighted by Crippen LogP contribution is 2.35. The topological polar surface area (TPSA) is 58.0 Å². The molecule has 4 nitrogen and oxygen atoms in total. The van der Waals surface area contributed by atoms with Gasteiger partial charge in [-0.25, -0.2) is 0 Å². The van der Waals surface area contributed by atoms with Crippen LogP contribution in [0.5, 0.6) is 5.88 Å². The van der Waals surface area contributed by atoms with Crippen LogP contribution in [0.2, 0.25) is 0 Å². The molecule has 2 N–H and O–H groups in total. The van der Waals surface area contributed by atoms with Gasteiger partial charge >= 0.3 is 0 Å². The van der Waals surface area contributed by atoms with Crippen molar-refractivity contribution < 1.29 is 5.11 Å². The van der Waals surface area contributed by atoms with Gasteiger partial charge in [0.25, 0.3) is 0 Å². The molecule has 2 aromatic heterocycles. The van der Waals surface area contributed by atoms with Gasteiger partial charge in [0.15, 0.2) is 5.13 Å². The van der Waals surface area contributed by atoms with Crippen molar-refractivity contribution in [2.24, 2.45) is 0 Å². The largest absolute Gasteiger partial charge is 0.492 e. The highest BCUT2D eigenvalue weighted by Gasteiger charge is 2.13. The van der Waals surface area contributed by atoms with E-state index >= 15 is 0 Å². The first-order chi connectivity index (χ1) is 7.66. The first-order valence-electron chi connectivity index (χ1n) is 5.03. The maximum atomic E-state index is 9.63. The van der Waals surface area contributed by atoms with E-state index in [9.17, 15) is 5.11 Å². The second-order valence-corrected chi connectivity index (χ2v) is 4.75. The summed E-state index contributed by atoms with van der Waals surface area (Å²) in [6.07, 6.45) is 3.41. The van der Waals surface area contributed by atoms with Gasteiger partial charge in [0, 0.05) is 18.1 Å². The van der Waals surface area contributed by atoms with Gasteiger partial charge in [0.1, 0.15) is 0 Å². The molecule has 2 aromatic rings. The lowest BCUT2D eigenvalue weighted by Gasteiger charge is -2.00. The van der Waals surface area contributed by atoms with Gasteiger partial charge in [-0.15, -0.1) is 0 Å². The Morgan fingerprint density at radius 3 is 2.56 bits per heavy atom. The summed E-state index contributed by atoms with van der Waals surface area (Å²) < 4.78 is 0. The van der Waals surface area contributed by atoms with Crippen molar-refractivity contribution in [2.45, 2.75) is 19.8 Å². The molecule has 2 heterocycles. The van der Waals surface area contributed by atoms with Crippen molar-refractivity contribution in [3.8, 4) is 5.88 Å². The van der Waals surface area contributed by atoms with Crippen molar-refractivity contribution >= 4 is 22.2 Å². The van der Waals surface area contributed by atoms with E-state index in [4.69, 9.17) is 0 Å². The van der Waals surface area contributed by atoms with E-state index in [1.165, 1.54) is 11.3 Å². The average molecular weight is 235 g/mol. The van der Waals surface area contributed by atoms with Crippen molar-refractivity contribution in [3.63, 3.8) is 0 Å². The zero-order valence-corrected chi connectivity index (χ0v) is 9.95. The normalized spacial score (nSPS) is 10.7. The van der Waals surface area contributed by atoms with Crippen molar-refractivity contribution in [1.29, 1.82) is 0 Å². The van der Waals surface area contributed by atoms with E-state index in [0.717, 1.165) is 10.6 Å². The molecule has 0 saturated heterocycles. The van der Waals surface area contributed by atoms with E-state index in [2.05, 4.69) is 15.3 Å².